The lowest BCUT2D eigenvalue weighted by Gasteiger charge is -2.17. The maximum absolute atomic E-state index is 11.1. The summed E-state index contributed by atoms with van der Waals surface area (Å²) in [6.07, 6.45) is 1.75. The van der Waals surface area contributed by atoms with Crippen molar-refractivity contribution in [1.29, 1.82) is 0 Å². The highest BCUT2D eigenvalue weighted by molar-refractivity contribution is 5.91. The van der Waals surface area contributed by atoms with Gasteiger partial charge in [-0.1, -0.05) is 0 Å². The summed E-state index contributed by atoms with van der Waals surface area (Å²) in [5.74, 6) is -0.864. The fraction of sp³-hybridized carbons (Fsp3) is 0.417. The lowest BCUT2D eigenvalue weighted by molar-refractivity contribution is 0.0693. The Morgan fingerprint density at radius 2 is 2.18 bits per heavy atom. The highest BCUT2D eigenvalue weighted by Crippen LogP contribution is 2.51. The SMILES string of the molecule is COc1cc(O)c(C2(CN)CC2)cc1C(=O)O. The van der Waals surface area contributed by atoms with E-state index in [1.54, 1.807) is 0 Å². The van der Waals surface area contributed by atoms with Gasteiger partial charge in [0.1, 0.15) is 17.1 Å². The molecule has 0 spiro atoms. The Morgan fingerprint density at radius 1 is 1.53 bits per heavy atom. The van der Waals surface area contributed by atoms with Gasteiger partial charge in [0, 0.05) is 23.6 Å². The highest BCUT2D eigenvalue weighted by atomic mass is 16.5. The molecule has 0 aromatic heterocycles. The summed E-state index contributed by atoms with van der Waals surface area (Å²) in [5, 5.41) is 19.0. The average Bonchev–Trinajstić information content (AvgIpc) is 3.09. The summed E-state index contributed by atoms with van der Waals surface area (Å²) in [7, 11) is 1.37. The van der Waals surface area contributed by atoms with Gasteiger partial charge in [-0.2, -0.15) is 0 Å². The molecular formula is C12H15NO4. The van der Waals surface area contributed by atoms with Gasteiger partial charge in [-0.25, -0.2) is 4.79 Å². The Morgan fingerprint density at radius 3 is 2.59 bits per heavy atom. The van der Waals surface area contributed by atoms with Crippen molar-refractivity contribution in [2.24, 2.45) is 5.73 Å². The molecule has 0 radical (unpaired) electrons. The molecule has 4 N–H and O–H groups in total. The van der Waals surface area contributed by atoms with Crippen LogP contribution in [0.1, 0.15) is 28.8 Å². The van der Waals surface area contributed by atoms with E-state index in [-0.39, 0.29) is 22.5 Å². The molecule has 1 aliphatic rings. The monoisotopic (exact) mass is 237 g/mol. The van der Waals surface area contributed by atoms with Crippen molar-refractivity contribution in [3.8, 4) is 11.5 Å². The minimum atomic E-state index is -1.07. The average molecular weight is 237 g/mol. The molecule has 1 fully saturated rings. The molecule has 92 valence electrons. The Bertz CT molecular complexity index is 466. The zero-order valence-corrected chi connectivity index (χ0v) is 9.56. The van der Waals surface area contributed by atoms with Gasteiger partial charge in [0.2, 0.25) is 0 Å². The van der Waals surface area contributed by atoms with E-state index in [2.05, 4.69) is 0 Å². The number of carbonyl (C=O) groups is 1. The molecule has 1 saturated carbocycles. The van der Waals surface area contributed by atoms with Crippen molar-refractivity contribution in [3.05, 3.63) is 23.3 Å². The van der Waals surface area contributed by atoms with Crippen molar-refractivity contribution in [2.75, 3.05) is 13.7 Å². The zero-order valence-electron chi connectivity index (χ0n) is 9.56. The van der Waals surface area contributed by atoms with Crippen LogP contribution >= 0.6 is 0 Å². The summed E-state index contributed by atoms with van der Waals surface area (Å²) in [6.45, 7) is 0.409. The van der Waals surface area contributed by atoms with E-state index in [4.69, 9.17) is 15.6 Å². The van der Waals surface area contributed by atoms with Crippen LogP contribution < -0.4 is 10.5 Å². The first-order valence-electron chi connectivity index (χ1n) is 5.39. The number of carboxylic acid groups (broad SMARTS) is 1. The first-order valence-corrected chi connectivity index (χ1v) is 5.39. The van der Waals surface area contributed by atoms with Crippen LogP contribution in [0.3, 0.4) is 0 Å². The van der Waals surface area contributed by atoms with Gasteiger partial charge >= 0.3 is 5.97 Å². The van der Waals surface area contributed by atoms with E-state index in [0.717, 1.165) is 12.8 Å². The minimum absolute atomic E-state index is 0.0507. The van der Waals surface area contributed by atoms with Crippen LogP contribution in [0.15, 0.2) is 12.1 Å². The number of benzene rings is 1. The van der Waals surface area contributed by atoms with Crippen LogP contribution in [-0.4, -0.2) is 29.8 Å². The van der Waals surface area contributed by atoms with Crippen LogP contribution in [0, 0.1) is 0 Å². The van der Waals surface area contributed by atoms with E-state index in [0.29, 0.717) is 12.1 Å². The van der Waals surface area contributed by atoms with Gasteiger partial charge in [0.15, 0.2) is 0 Å². The smallest absolute Gasteiger partial charge is 0.339 e. The molecule has 2 rings (SSSR count). The summed E-state index contributed by atoms with van der Waals surface area (Å²) >= 11 is 0. The third-order valence-electron chi connectivity index (χ3n) is 3.36. The van der Waals surface area contributed by atoms with Crippen LogP contribution in [0.25, 0.3) is 0 Å². The van der Waals surface area contributed by atoms with Crippen LogP contribution in [0.4, 0.5) is 0 Å². The number of aromatic hydroxyl groups is 1. The summed E-state index contributed by atoms with van der Waals surface area (Å²) in [6, 6.07) is 2.81. The predicted octanol–water partition coefficient (Wildman–Crippen LogP) is 1.09. The summed E-state index contributed by atoms with van der Waals surface area (Å²) < 4.78 is 4.94. The Labute approximate surface area is 98.8 Å². The van der Waals surface area contributed by atoms with Crippen molar-refractivity contribution in [3.63, 3.8) is 0 Å². The molecule has 1 aromatic carbocycles. The molecule has 0 unspecified atom stereocenters. The van der Waals surface area contributed by atoms with E-state index in [9.17, 15) is 9.90 Å². The second-order valence-corrected chi connectivity index (χ2v) is 4.36. The maximum atomic E-state index is 11.1. The molecule has 0 atom stereocenters. The van der Waals surface area contributed by atoms with Crippen molar-refractivity contribution < 1.29 is 19.7 Å². The summed E-state index contributed by atoms with van der Waals surface area (Å²) in [4.78, 5) is 11.1. The number of phenols is 1. The molecule has 0 aliphatic heterocycles. The Kier molecular flexibility index (Phi) is 2.71. The van der Waals surface area contributed by atoms with Gasteiger partial charge in [-0.05, 0) is 18.9 Å². The fourth-order valence-electron chi connectivity index (χ4n) is 2.06. The normalized spacial score (nSPS) is 16.6. The van der Waals surface area contributed by atoms with E-state index < -0.39 is 5.97 Å². The molecule has 0 heterocycles. The number of aromatic carboxylic acids is 1. The highest BCUT2D eigenvalue weighted by Gasteiger charge is 2.45. The number of carboxylic acids is 1. The number of methoxy groups -OCH3 is 1. The van der Waals surface area contributed by atoms with Crippen LogP contribution in [0.5, 0.6) is 11.5 Å². The molecule has 0 amide bonds. The lowest BCUT2D eigenvalue weighted by atomic mass is 9.93. The molecule has 0 bridgehead atoms. The third-order valence-corrected chi connectivity index (χ3v) is 3.36. The van der Waals surface area contributed by atoms with Gasteiger partial charge in [-0.3, -0.25) is 0 Å². The van der Waals surface area contributed by atoms with E-state index in [1.807, 2.05) is 0 Å². The van der Waals surface area contributed by atoms with E-state index in [1.165, 1.54) is 19.2 Å². The second kappa shape index (κ2) is 3.92. The molecule has 0 saturated heterocycles. The van der Waals surface area contributed by atoms with Gasteiger partial charge in [0.05, 0.1) is 7.11 Å². The Hall–Kier alpha value is -1.75. The van der Waals surface area contributed by atoms with E-state index >= 15 is 0 Å². The molecular weight excluding hydrogens is 222 g/mol. The second-order valence-electron chi connectivity index (χ2n) is 4.36. The predicted molar refractivity (Wildman–Crippen MR) is 61.6 cm³/mol. The van der Waals surface area contributed by atoms with Crippen molar-refractivity contribution in [2.45, 2.75) is 18.3 Å². The molecule has 5 nitrogen and oxygen atoms in total. The number of ether oxygens (including phenoxy) is 1. The van der Waals surface area contributed by atoms with Crippen molar-refractivity contribution >= 4 is 5.97 Å². The fourth-order valence-corrected chi connectivity index (χ4v) is 2.06. The number of hydrogen-bond acceptors (Lipinski definition) is 4. The van der Waals surface area contributed by atoms with Gasteiger partial charge in [-0.15, -0.1) is 0 Å². The van der Waals surface area contributed by atoms with Crippen LogP contribution in [0.2, 0.25) is 0 Å². The van der Waals surface area contributed by atoms with Crippen molar-refractivity contribution in [1.82, 2.24) is 0 Å². The first-order chi connectivity index (χ1) is 8.04. The minimum Gasteiger partial charge on any atom is -0.508 e. The molecule has 1 aromatic rings. The molecule has 5 heteroatoms. The number of phenolic OH excluding ortho intramolecular Hbond substituents is 1. The van der Waals surface area contributed by atoms with Gasteiger partial charge < -0.3 is 20.7 Å². The van der Waals surface area contributed by atoms with Gasteiger partial charge in [0.25, 0.3) is 0 Å². The number of rotatable bonds is 4. The first kappa shape index (κ1) is 11.7. The molecule has 1 aliphatic carbocycles. The maximum Gasteiger partial charge on any atom is 0.339 e. The topological polar surface area (TPSA) is 92.8 Å². The number of hydrogen-bond donors (Lipinski definition) is 3. The largest absolute Gasteiger partial charge is 0.508 e. The zero-order chi connectivity index (χ0) is 12.6. The summed E-state index contributed by atoms with van der Waals surface area (Å²) in [5.41, 5.74) is 6.09. The van der Waals surface area contributed by atoms with Crippen LogP contribution in [-0.2, 0) is 5.41 Å². The third kappa shape index (κ3) is 1.82. The standard InChI is InChI=1S/C12H15NO4/c1-17-10-5-9(14)8(4-7(10)11(15)16)12(6-13)2-3-12/h4-5,14H,2-3,6,13H2,1H3,(H,15,16). The number of nitrogens with two attached hydrogens (primary N) is 1. The molecule has 17 heavy (non-hydrogen) atoms. The quantitative estimate of drug-likeness (QED) is 0.729. The lowest BCUT2D eigenvalue weighted by Crippen LogP contribution is -2.20. The Balaban J connectivity index is 2.54.